The van der Waals surface area contributed by atoms with E-state index < -0.39 is 0 Å². The molecule has 5 nitrogen and oxygen atoms in total. The van der Waals surface area contributed by atoms with E-state index in [0.29, 0.717) is 24.4 Å². The van der Waals surface area contributed by atoms with E-state index in [1.54, 1.807) is 0 Å². The Kier molecular flexibility index (Phi) is 4.80. The van der Waals surface area contributed by atoms with Gasteiger partial charge in [-0.2, -0.15) is 0 Å². The Balaban J connectivity index is 1.42. The van der Waals surface area contributed by atoms with Gasteiger partial charge in [0.1, 0.15) is 0 Å². The third-order valence-corrected chi connectivity index (χ3v) is 6.64. The number of hydrogen-bond donors (Lipinski definition) is 1. The van der Waals surface area contributed by atoms with Crippen LogP contribution in [0.4, 0.5) is 5.69 Å². The largest absolute Gasteiger partial charge is 0.374 e. The Bertz CT molecular complexity index is 889. The molecule has 6 rings (SSSR count). The molecule has 0 bridgehead atoms. The molecular formula is C25H29NO4. The summed E-state index contributed by atoms with van der Waals surface area (Å²) in [4.78, 5) is 0. The molecule has 5 atom stereocenters. The second-order valence-corrected chi connectivity index (χ2v) is 9.07. The lowest BCUT2D eigenvalue weighted by atomic mass is 9.74. The van der Waals surface area contributed by atoms with E-state index in [4.69, 9.17) is 18.9 Å². The number of hydrogen-bond acceptors (Lipinski definition) is 5. The van der Waals surface area contributed by atoms with Crippen LogP contribution in [0.2, 0.25) is 0 Å². The van der Waals surface area contributed by atoms with Gasteiger partial charge in [-0.1, -0.05) is 24.8 Å². The third-order valence-electron chi connectivity index (χ3n) is 6.64. The second kappa shape index (κ2) is 7.65. The summed E-state index contributed by atoms with van der Waals surface area (Å²) in [6.07, 6.45) is 5.17. The minimum atomic E-state index is 0.0861. The highest BCUT2D eigenvalue weighted by molar-refractivity contribution is 5.62. The summed E-state index contributed by atoms with van der Waals surface area (Å²) in [5, 5.41) is 3.79. The second-order valence-electron chi connectivity index (χ2n) is 9.07. The zero-order chi connectivity index (χ0) is 20.1. The van der Waals surface area contributed by atoms with Crippen LogP contribution in [-0.2, 0) is 18.9 Å². The fraction of sp³-hybridized carbons (Fsp3) is 0.520. The molecule has 4 heterocycles. The monoisotopic (exact) mass is 407 g/mol. The summed E-state index contributed by atoms with van der Waals surface area (Å²) in [5.74, 6) is 0. The van der Waals surface area contributed by atoms with Gasteiger partial charge in [0, 0.05) is 24.9 Å². The van der Waals surface area contributed by atoms with Crippen molar-refractivity contribution >= 4 is 5.69 Å². The molecule has 5 heteroatoms. The number of benzene rings is 1. The van der Waals surface area contributed by atoms with Crippen molar-refractivity contribution < 1.29 is 18.9 Å². The maximum atomic E-state index is 5.67. The van der Waals surface area contributed by atoms with Gasteiger partial charge in [-0.3, -0.25) is 0 Å². The zero-order valence-electron chi connectivity index (χ0n) is 17.3. The molecule has 1 N–H and O–H groups in total. The van der Waals surface area contributed by atoms with Crippen LogP contribution < -0.4 is 5.32 Å². The van der Waals surface area contributed by atoms with Gasteiger partial charge >= 0.3 is 0 Å². The molecule has 5 unspecified atom stereocenters. The van der Waals surface area contributed by atoms with Crippen molar-refractivity contribution in [3.8, 4) is 0 Å². The molecule has 4 saturated heterocycles. The average Bonchev–Trinajstić information content (AvgIpc) is 3.59. The lowest BCUT2D eigenvalue weighted by Gasteiger charge is -2.36. The molecule has 0 aromatic heterocycles. The van der Waals surface area contributed by atoms with Crippen molar-refractivity contribution in [3.63, 3.8) is 0 Å². The van der Waals surface area contributed by atoms with Crippen LogP contribution in [0.1, 0.15) is 25.7 Å². The van der Waals surface area contributed by atoms with Gasteiger partial charge in [0.2, 0.25) is 0 Å². The van der Waals surface area contributed by atoms with E-state index in [-0.39, 0.29) is 6.04 Å². The van der Waals surface area contributed by atoms with Gasteiger partial charge in [-0.05, 0) is 46.4 Å². The number of nitrogens with one attached hydrogen (secondary N) is 1. The van der Waals surface area contributed by atoms with Crippen LogP contribution in [-0.4, -0.2) is 56.9 Å². The first-order valence-electron chi connectivity index (χ1n) is 11.2. The Morgan fingerprint density at radius 3 is 1.77 bits per heavy atom. The minimum absolute atomic E-state index is 0.0861. The van der Waals surface area contributed by atoms with Crippen molar-refractivity contribution in [1.82, 2.24) is 0 Å². The first-order chi connectivity index (χ1) is 14.7. The van der Waals surface area contributed by atoms with Crippen LogP contribution in [0.15, 0.2) is 64.8 Å². The van der Waals surface area contributed by atoms with Crippen LogP contribution in [0.25, 0.3) is 0 Å². The van der Waals surface area contributed by atoms with E-state index in [2.05, 4.69) is 42.2 Å². The Morgan fingerprint density at radius 2 is 1.20 bits per heavy atom. The normalized spacial score (nSPS) is 34.3. The molecule has 0 saturated carbocycles. The molecule has 4 aliphatic heterocycles. The summed E-state index contributed by atoms with van der Waals surface area (Å²) < 4.78 is 22.6. The first-order valence-corrected chi connectivity index (χ1v) is 11.2. The summed E-state index contributed by atoms with van der Waals surface area (Å²) in [6.45, 7) is 8.06. The smallest absolute Gasteiger partial charge is 0.0850 e. The van der Waals surface area contributed by atoms with Gasteiger partial charge < -0.3 is 24.3 Å². The van der Waals surface area contributed by atoms with Gasteiger partial charge in [0.05, 0.1) is 56.9 Å². The molecular weight excluding hydrogens is 378 g/mol. The summed E-state index contributed by atoms with van der Waals surface area (Å²) in [5.41, 5.74) is 8.00. The highest BCUT2D eigenvalue weighted by Crippen LogP contribution is 2.46. The van der Waals surface area contributed by atoms with Crippen LogP contribution >= 0.6 is 0 Å². The zero-order valence-corrected chi connectivity index (χ0v) is 17.3. The Morgan fingerprint density at radius 1 is 0.700 bits per heavy atom. The van der Waals surface area contributed by atoms with Crippen molar-refractivity contribution in [2.24, 2.45) is 0 Å². The van der Waals surface area contributed by atoms with Crippen molar-refractivity contribution in [1.29, 1.82) is 0 Å². The van der Waals surface area contributed by atoms with Crippen LogP contribution in [0.3, 0.4) is 0 Å². The molecule has 30 heavy (non-hydrogen) atoms. The van der Waals surface area contributed by atoms with E-state index in [9.17, 15) is 0 Å². The third kappa shape index (κ3) is 4.26. The summed E-state index contributed by atoms with van der Waals surface area (Å²) >= 11 is 0. The standard InChI is InChI=1S/C25H29NO4/c1-15-21(7-17-11-27-17)22(8-18-12-28-18)23(9-19-13-29-19)24(10-20-14-30-20)25(15)26-16-5-3-2-4-6-16/h2-6,17-20,25-26H,1,7-14H2. The molecule has 0 radical (unpaired) electrons. The highest BCUT2D eigenvalue weighted by Gasteiger charge is 2.41. The average molecular weight is 408 g/mol. The fourth-order valence-electron chi connectivity index (χ4n) is 4.67. The molecule has 1 aromatic rings. The molecule has 0 spiro atoms. The topological polar surface area (TPSA) is 62.1 Å². The van der Waals surface area contributed by atoms with Crippen LogP contribution in [0, 0.1) is 0 Å². The lowest BCUT2D eigenvalue weighted by Crippen LogP contribution is -2.32. The molecule has 4 fully saturated rings. The van der Waals surface area contributed by atoms with Crippen molar-refractivity contribution in [2.75, 3.05) is 31.7 Å². The van der Waals surface area contributed by atoms with Gasteiger partial charge in [0.15, 0.2) is 0 Å². The quantitative estimate of drug-likeness (QED) is 0.598. The number of para-hydroxylation sites is 1. The highest BCUT2D eigenvalue weighted by atomic mass is 16.6. The summed E-state index contributed by atoms with van der Waals surface area (Å²) in [7, 11) is 0. The Hall–Kier alpha value is -1.92. The van der Waals surface area contributed by atoms with Crippen molar-refractivity contribution in [3.05, 3.63) is 64.8 Å². The maximum Gasteiger partial charge on any atom is 0.0850 e. The first kappa shape index (κ1) is 18.8. The van der Waals surface area contributed by atoms with Gasteiger partial charge in [-0.25, -0.2) is 0 Å². The maximum absolute atomic E-state index is 5.67. The summed E-state index contributed by atoms with van der Waals surface area (Å²) in [6, 6.07) is 10.5. The predicted molar refractivity (Wildman–Crippen MR) is 114 cm³/mol. The van der Waals surface area contributed by atoms with Gasteiger partial charge in [-0.15, -0.1) is 0 Å². The lowest BCUT2D eigenvalue weighted by molar-refractivity contribution is 0.392. The van der Waals surface area contributed by atoms with E-state index in [1.807, 2.05) is 0 Å². The fourth-order valence-corrected chi connectivity index (χ4v) is 4.67. The van der Waals surface area contributed by atoms with E-state index in [0.717, 1.165) is 57.8 Å². The number of epoxide rings is 4. The van der Waals surface area contributed by atoms with Crippen molar-refractivity contribution in [2.45, 2.75) is 56.1 Å². The van der Waals surface area contributed by atoms with E-state index >= 15 is 0 Å². The number of ether oxygens (including phenoxy) is 4. The number of anilines is 1. The molecule has 1 aromatic carbocycles. The van der Waals surface area contributed by atoms with Crippen LogP contribution in [0.5, 0.6) is 0 Å². The van der Waals surface area contributed by atoms with E-state index in [1.165, 1.54) is 27.9 Å². The SMILES string of the molecule is C=C1C(CC2CO2)=C(CC2CO2)C(CC2CO2)=C(CC2CO2)C1Nc1ccccc1. The molecule has 158 valence electrons. The minimum Gasteiger partial charge on any atom is -0.374 e. The molecule has 0 amide bonds. The predicted octanol–water partition coefficient (Wildman–Crippen LogP) is 3.79. The molecule has 5 aliphatic rings. The van der Waals surface area contributed by atoms with Gasteiger partial charge in [0.25, 0.3) is 0 Å². The Labute approximate surface area is 177 Å². The molecule has 1 aliphatic carbocycles. The number of rotatable bonds is 10.